The van der Waals surface area contributed by atoms with Crippen molar-refractivity contribution in [1.82, 2.24) is 4.98 Å². The summed E-state index contributed by atoms with van der Waals surface area (Å²) in [6.07, 6.45) is 0. The van der Waals surface area contributed by atoms with E-state index in [1.807, 2.05) is 30.3 Å². The lowest BCUT2D eigenvalue weighted by Gasteiger charge is -2.00. The van der Waals surface area contributed by atoms with Gasteiger partial charge in [0.25, 0.3) is 0 Å². The molecule has 0 unspecified atom stereocenters. The van der Waals surface area contributed by atoms with Crippen LogP contribution in [0.5, 0.6) is 0 Å². The number of rotatable bonds is 3. The van der Waals surface area contributed by atoms with Crippen molar-refractivity contribution in [2.75, 3.05) is 0 Å². The number of hydrogen-bond donors (Lipinski definition) is 1. The molecule has 1 aromatic heterocycles. The van der Waals surface area contributed by atoms with Gasteiger partial charge in [0.05, 0.1) is 5.69 Å². The van der Waals surface area contributed by atoms with Gasteiger partial charge in [0, 0.05) is 21.3 Å². The topological polar surface area (TPSA) is 32.9 Å². The van der Waals surface area contributed by atoms with Crippen LogP contribution in [0.3, 0.4) is 0 Å². The molecule has 0 saturated heterocycles. The maximum Gasteiger partial charge on any atom is 0.209 e. The Kier molecular flexibility index (Phi) is 3.82. The lowest BCUT2D eigenvalue weighted by atomic mass is 10.1. The summed E-state index contributed by atoms with van der Waals surface area (Å²) in [5.41, 5.74) is 3.00. The molecule has 0 atom stereocenters. The molecule has 4 heteroatoms. The number of benzene rings is 2. The number of aromatic amines is 1. The Morgan fingerprint density at radius 1 is 0.762 bits per heavy atom. The Bertz CT molecular complexity index is 773. The van der Waals surface area contributed by atoms with Crippen LogP contribution in [0.25, 0.3) is 11.3 Å². The van der Waals surface area contributed by atoms with E-state index in [1.165, 1.54) is 0 Å². The molecule has 0 aliphatic carbocycles. The number of ketones is 1. The van der Waals surface area contributed by atoms with E-state index >= 15 is 0 Å². The van der Waals surface area contributed by atoms with Crippen molar-refractivity contribution >= 4 is 29.0 Å². The molecule has 0 spiro atoms. The molecular formula is C17H11Cl2NO. The molecule has 0 amide bonds. The van der Waals surface area contributed by atoms with E-state index in [4.69, 9.17) is 23.2 Å². The van der Waals surface area contributed by atoms with Crippen molar-refractivity contribution in [2.24, 2.45) is 0 Å². The van der Waals surface area contributed by atoms with E-state index in [1.54, 1.807) is 30.3 Å². The van der Waals surface area contributed by atoms with Gasteiger partial charge in [-0.15, -0.1) is 0 Å². The van der Waals surface area contributed by atoms with Gasteiger partial charge >= 0.3 is 0 Å². The highest BCUT2D eigenvalue weighted by Gasteiger charge is 2.11. The quantitative estimate of drug-likeness (QED) is 0.660. The second kappa shape index (κ2) is 5.76. The Morgan fingerprint density at radius 3 is 1.95 bits per heavy atom. The van der Waals surface area contributed by atoms with Crippen LogP contribution < -0.4 is 0 Å². The molecule has 0 aliphatic rings. The first kappa shape index (κ1) is 13.9. The number of hydrogen-bond acceptors (Lipinski definition) is 1. The van der Waals surface area contributed by atoms with Gasteiger partial charge in [-0.25, -0.2) is 0 Å². The third-order valence-electron chi connectivity index (χ3n) is 3.19. The molecule has 0 radical (unpaired) electrons. The minimum absolute atomic E-state index is 0.0631. The zero-order chi connectivity index (χ0) is 14.8. The first-order valence-electron chi connectivity index (χ1n) is 6.39. The third-order valence-corrected chi connectivity index (χ3v) is 3.70. The summed E-state index contributed by atoms with van der Waals surface area (Å²) >= 11 is 11.7. The number of carbonyl (C=O) groups is 1. The summed E-state index contributed by atoms with van der Waals surface area (Å²) in [4.78, 5) is 15.5. The minimum Gasteiger partial charge on any atom is -0.352 e. The van der Waals surface area contributed by atoms with Crippen LogP contribution in [0.2, 0.25) is 10.0 Å². The van der Waals surface area contributed by atoms with E-state index in [9.17, 15) is 4.79 Å². The van der Waals surface area contributed by atoms with E-state index in [2.05, 4.69) is 4.98 Å². The van der Waals surface area contributed by atoms with Gasteiger partial charge in [0.15, 0.2) is 0 Å². The minimum atomic E-state index is -0.0631. The summed E-state index contributed by atoms with van der Waals surface area (Å²) in [5, 5.41) is 1.29. The van der Waals surface area contributed by atoms with Gasteiger partial charge < -0.3 is 4.98 Å². The summed E-state index contributed by atoms with van der Waals surface area (Å²) in [7, 11) is 0. The molecule has 1 N–H and O–H groups in total. The fourth-order valence-corrected chi connectivity index (χ4v) is 2.33. The standard InChI is InChI=1S/C17H11Cl2NO/c18-13-5-1-11(2-6-13)15-9-10-16(20-15)17(21)12-3-7-14(19)8-4-12/h1-10,20H. The summed E-state index contributed by atoms with van der Waals surface area (Å²) in [5.74, 6) is -0.0631. The molecule has 1 heterocycles. The normalized spacial score (nSPS) is 10.6. The van der Waals surface area contributed by atoms with Crippen LogP contribution in [0.4, 0.5) is 0 Å². The molecular weight excluding hydrogens is 305 g/mol. The molecule has 0 saturated carbocycles. The highest BCUT2D eigenvalue weighted by molar-refractivity contribution is 6.31. The molecule has 2 nitrogen and oxygen atoms in total. The zero-order valence-electron chi connectivity index (χ0n) is 10.9. The number of H-pyrrole nitrogens is 1. The van der Waals surface area contributed by atoms with E-state index in [0.717, 1.165) is 11.3 Å². The van der Waals surface area contributed by atoms with Crippen LogP contribution in [-0.2, 0) is 0 Å². The average molecular weight is 316 g/mol. The van der Waals surface area contributed by atoms with Crippen LogP contribution >= 0.6 is 23.2 Å². The average Bonchev–Trinajstić information content (AvgIpc) is 2.98. The number of nitrogens with one attached hydrogen (secondary N) is 1. The molecule has 3 aromatic rings. The SMILES string of the molecule is O=C(c1ccc(Cl)cc1)c1ccc(-c2ccc(Cl)cc2)[nH]1. The Morgan fingerprint density at radius 2 is 1.33 bits per heavy atom. The van der Waals surface area contributed by atoms with Crippen LogP contribution in [-0.4, -0.2) is 10.8 Å². The van der Waals surface area contributed by atoms with Crippen LogP contribution in [0.15, 0.2) is 60.7 Å². The molecule has 3 rings (SSSR count). The second-order valence-corrected chi connectivity index (χ2v) is 5.50. The van der Waals surface area contributed by atoms with E-state index in [0.29, 0.717) is 21.3 Å². The van der Waals surface area contributed by atoms with Crippen molar-refractivity contribution in [1.29, 1.82) is 0 Å². The van der Waals surface area contributed by atoms with Gasteiger partial charge in [-0.2, -0.15) is 0 Å². The Balaban J connectivity index is 1.89. The fraction of sp³-hybridized carbons (Fsp3) is 0. The molecule has 0 bridgehead atoms. The predicted molar refractivity (Wildman–Crippen MR) is 86.1 cm³/mol. The first-order valence-corrected chi connectivity index (χ1v) is 7.14. The predicted octanol–water partition coefficient (Wildman–Crippen LogP) is 5.22. The highest BCUT2D eigenvalue weighted by atomic mass is 35.5. The summed E-state index contributed by atoms with van der Waals surface area (Å²) in [6, 6.07) is 18.0. The van der Waals surface area contributed by atoms with E-state index in [-0.39, 0.29) is 5.78 Å². The van der Waals surface area contributed by atoms with Gasteiger partial charge in [0.1, 0.15) is 0 Å². The molecule has 104 valence electrons. The number of carbonyl (C=O) groups excluding carboxylic acids is 1. The van der Waals surface area contributed by atoms with Crippen molar-refractivity contribution < 1.29 is 4.79 Å². The maximum atomic E-state index is 12.4. The second-order valence-electron chi connectivity index (χ2n) is 4.63. The number of halogens is 2. The lowest BCUT2D eigenvalue weighted by molar-refractivity contribution is 0.103. The maximum absolute atomic E-state index is 12.4. The van der Waals surface area contributed by atoms with Crippen molar-refractivity contribution in [3.8, 4) is 11.3 Å². The summed E-state index contributed by atoms with van der Waals surface area (Å²) < 4.78 is 0. The van der Waals surface area contributed by atoms with Gasteiger partial charge in [0.2, 0.25) is 5.78 Å². The molecule has 0 fully saturated rings. The lowest BCUT2D eigenvalue weighted by Crippen LogP contribution is -2.01. The smallest absolute Gasteiger partial charge is 0.209 e. The third kappa shape index (κ3) is 3.02. The largest absolute Gasteiger partial charge is 0.352 e. The zero-order valence-corrected chi connectivity index (χ0v) is 12.4. The molecule has 0 aliphatic heterocycles. The van der Waals surface area contributed by atoms with Gasteiger partial charge in [-0.3, -0.25) is 4.79 Å². The highest BCUT2D eigenvalue weighted by Crippen LogP contribution is 2.22. The summed E-state index contributed by atoms with van der Waals surface area (Å²) in [6.45, 7) is 0. The molecule has 21 heavy (non-hydrogen) atoms. The van der Waals surface area contributed by atoms with Crippen LogP contribution in [0, 0.1) is 0 Å². The Labute approximate surface area is 132 Å². The number of aromatic nitrogens is 1. The van der Waals surface area contributed by atoms with Crippen molar-refractivity contribution in [2.45, 2.75) is 0 Å². The molecule has 2 aromatic carbocycles. The van der Waals surface area contributed by atoms with E-state index < -0.39 is 0 Å². The van der Waals surface area contributed by atoms with Gasteiger partial charge in [-0.05, 0) is 54.1 Å². The monoisotopic (exact) mass is 315 g/mol. The fourth-order valence-electron chi connectivity index (χ4n) is 2.08. The van der Waals surface area contributed by atoms with Crippen molar-refractivity contribution in [3.63, 3.8) is 0 Å². The Hall–Kier alpha value is -2.03. The first-order chi connectivity index (χ1) is 10.1. The van der Waals surface area contributed by atoms with Gasteiger partial charge in [-0.1, -0.05) is 35.3 Å². The van der Waals surface area contributed by atoms with Crippen molar-refractivity contribution in [3.05, 3.63) is 82.0 Å². The van der Waals surface area contributed by atoms with Crippen LogP contribution in [0.1, 0.15) is 16.1 Å².